The Kier molecular flexibility index (Phi) is 3.46. The molecule has 0 spiro atoms. The molecule has 1 aliphatic rings. The molecule has 1 rings (SSSR count). The smallest absolute Gasteiger partial charge is 0.137 e. The van der Waals surface area contributed by atoms with Crippen molar-refractivity contribution in [2.45, 2.75) is 51.4 Å². The average Bonchev–Trinajstić information content (AvgIpc) is 2.22. The molecule has 0 radical (unpaired) electrons. The fourth-order valence-electron chi connectivity index (χ4n) is 2.74. The van der Waals surface area contributed by atoms with Gasteiger partial charge in [-0.15, -0.1) is 0 Å². The minimum absolute atomic E-state index is 0.0690. The number of hydrogen-bond donors (Lipinski definition) is 0. The quantitative estimate of drug-likeness (QED) is 0.698. The van der Waals surface area contributed by atoms with Crippen molar-refractivity contribution in [2.75, 3.05) is 27.2 Å². The predicted molar refractivity (Wildman–Crippen MR) is 62.9 cm³/mol. The first kappa shape index (κ1) is 12.9. The van der Waals surface area contributed by atoms with Crippen LogP contribution in [0.15, 0.2) is 0 Å². The van der Waals surface area contributed by atoms with Crippen LogP contribution < -0.4 is 0 Å². The van der Waals surface area contributed by atoms with Crippen molar-refractivity contribution < 1.29 is 4.39 Å². The normalized spacial score (nSPS) is 34.0. The molecule has 15 heavy (non-hydrogen) atoms. The van der Waals surface area contributed by atoms with Crippen molar-refractivity contribution in [3.8, 4) is 0 Å². The molecule has 1 saturated heterocycles. The highest BCUT2D eigenvalue weighted by molar-refractivity contribution is 5.00. The van der Waals surface area contributed by atoms with E-state index < -0.39 is 5.67 Å². The number of hydrogen-bond acceptors (Lipinski definition) is 2. The summed E-state index contributed by atoms with van der Waals surface area (Å²) in [5.74, 6) is 0. The summed E-state index contributed by atoms with van der Waals surface area (Å²) >= 11 is 0. The van der Waals surface area contributed by atoms with E-state index in [1.807, 2.05) is 19.0 Å². The molecule has 0 amide bonds. The van der Waals surface area contributed by atoms with Gasteiger partial charge in [-0.3, -0.25) is 4.90 Å². The van der Waals surface area contributed by atoms with Crippen molar-refractivity contribution in [1.82, 2.24) is 9.80 Å². The topological polar surface area (TPSA) is 6.48 Å². The van der Waals surface area contributed by atoms with E-state index in [0.29, 0.717) is 25.6 Å². The van der Waals surface area contributed by atoms with Gasteiger partial charge in [0.25, 0.3) is 0 Å². The molecule has 1 aliphatic heterocycles. The van der Waals surface area contributed by atoms with Gasteiger partial charge in [-0.1, -0.05) is 0 Å². The van der Waals surface area contributed by atoms with Crippen LogP contribution in [0.1, 0.15) is 34.1 Å². The summed E-state index contributed by atoms with van der Waals surface area (Å²) in [6.45, 7) is 9.70. The molecule has 0 aromatic rings. The Morgan fingerprint density at radius 2 is 1.93 bits per heavy atom. The molecule has 3 heteroatoms. The van der Waals surface area contributed by atoms with Gasteiger partial charge in [0.1, 0.15) is 5.67 Å². The molecule has 1 fully saturated rings. The van der Waals surface area contributed by atoms with Gasteiger partial charge >= 0.3 is 0 Å². The number of rotatable bonds is 2. The maximum absolute atomic E-state index is 14.5. The molecule has 0 saturated carbocycles. The van der Waals surface area contributed by atoms with Gasteiger partial charge in [0.15, 0.2) is 0 Å². The van der Waals surface area contributed by atoms with Crippen LogP contribution in [0.4, 0.5) is 4.39 Å². The van der Waals surface area contributed by atoms with Gasteiger partial charge < -0.3 is 4.90 Å². The lowest BCUT2D eigenvalue weighted by Gasteiger charge is -2.35. The minimum Gasteiger partial charge on any atom is -0.306 e. The van der Waals surface area contributed by atoms with Crippen LogP contribution in [-0.4, -0.2) is 54.2 Å². The average molecular weight is 216 g/mol. The lowest BCUT2D eigenvalue weighted by molar-refractivity contribution is 0.0867. The van der Waals surface area contributed by atoms with Crippen molar-refractivity contribution in [2.24, 2.45) is 0 Å². The van der Waals surface area contributed by atoms with Crippen LogP contribution >= 0.6 is 0 Å². The fraction of sp³-hybridized carbons (Fsp3) is 1.00. The lowest BCUT2D eigenvalue weighted by Crippen LogP contribution is -2.46. The van der Waals surface area contributed by atoms with Crippen molar-refractivity contribution in [1.29, 1.82) is 0 Å². The summed E-state index contributed by atoms with van der Waals surface area (Å²) < 4.78 is 14.5. The standard InChI is InChI=1S/C12H25FN2/c1-10-7-12(13,8-14(5)6)9-15(10)11(2,3)4/h10H,7-9H2,1-6H3/t10-,12?/m1/s1. The lowest BCUT2D eigenvalue weighted by atomic mass is 10.0. The van der Waals surface area contributed by atoms with Gasteiger partial charge in [-0.2, -0.15) is 0 Å². The highest BCUT2D eigenvalue weighted by Gasteiger charge is 2.46. The molecular weight excluding hydrogens is 191 g/mol. The molecule has 0 bridgehead atoms. The van der Waals surface area contributed by atoms with E-state index in [-0.39, 0.29) is 5.54 Å². The zero-order chi connectivity index (χ0) is 11.9. The van der Waals surface area contributed by atoms with Gasteiger partial charge in [0.05, 0.1) is 0 Å². The predicted octanol–water partition coefficient (Wildman–Crippen LogP) is 2.15. The highest BCUT2D eigenvalue weighted by atomic mass is 19.1. The molecule has 0 aromatic heterocycles. The number of halogens is 1. The van der Waals surface area contributed by atoms with E-state index in [1.54, 1.807) is 0 Å². The molecule has 0 aliphatic carbocycles. The summed E-state index contributed by atoms with van der Waals surface area (Å²) in [6, 6.07) is 0.343. The maximum atomic E-state index is 14.5. The summed E-state index contributed by atoms with van der Waals surface area (Å²) in [5, 5.41) is 0. The highest BCUT2D eigenvalue weighted by Crippen LogP contribution is 2.35. The van der Waals surface area contributed by atoms with E-state index in [0.717, 1.165) is 0 Å². The Bertz CT molecular complexity index is 222. The Morgan fingerprint density at radius 3 is 2.27 bits per heavy atom. The van der Waals surface area contributed by atoms with Crippen LogP contribution in [-0.2, 0) is 0 Å². The monoisotopic (exact) mass is 216 g/mol. The number of alkyl halides is 1. The van der Waals surface area contributed by atoms with E-state index in [1.165, 1.54) is 0 Å². The second-order valence-electron chi connectivity index (χ2n) is 6.24. The van der Waals surface area contributed by atoms with Gasteiger partial charge in [0, 0.05) is 24.7 Å². The van der Waals surface area contributed by atoms with Crippen molar-refractivity contribution in [3.05, 3.63) is 0 Å². The van der Waals surface area contributed by atoms with E-state index in [9.17, 15) is 4.39 Å². The van der Waals surface area contributed by atoms with Crippen LogP contribution in [0.2, 0.25) is 0 Å². The van der Waals surface area contributed by atoms with E-state index in [2.05, 4.69) is 32.6 Å². The molecule has 90 valence electrons. The van der Waals surface area contributed by atoms with Gasteiger partial charge in [-0.25, -0.2) is 4.39 Å². The first-order valence-electron chi connectivity index (χ1n) is 5.74. The molecule has 1 unspecified atom stereocenters. The second kappa shape index (κ2) is 4.02. The third kappa shape index (κ3) is 3.15. The third-order valence-electron chi connectivity index (χ3n) is 3.11. The van der Waals surface area contributed by atoms with Crippen molar-refractivity contribution in [3.63, 3.8) is 0 Å². The van der Waals surface area contributed by atoms with Crippen LogP contribution in [0.3, 0.4) is 0 Å². The zero-order valence-electron chi connectivity index (χ0n) is 11.0. The molecule has 2 nitrogen and oxygen atoms in total. The maximum Gasteiger partial charge on any atom is 0.137 e. The number of likely N-dealkylation sites (tertiary alicyclic amines) is 1. The summed E-state index contributed by atoms with van der Waals surface area (Å²) in [7, 11) is 3.87. The fourth-order valence-corrected chi connectivity index (χ4v) is 2.74. The molecule has 0 aromatic carbocycles. The molecule has 2 atom stereocenters. The Labute approximate surface area is 93.4 Å². The third-order valence-corrected chi connectivity index (χ3v) is 3.11. The van der Waals surface area contributed by atoms with E-state index in [4.69, 9.17) is 0 Å². The zero-order valence-corrected chi connectivity index (χ0v) is 11.0. The SMILES string of the molecule is C[C@@H]1CC(F)(CN(C)C)CN1C(C)(C)C. The Balaban J connectivity index is 2.70. The Hall–Kier alpha value is -0.150. The van der Waals surface area contributed by atoms with Crippen LogP contribution in [0.25, 0.3) is 0 Å². The Morgan fingerprint density at radius 1 is 1.40 bits per heavy atom. The first-order chi connectivity index (χ1) is 6.64. The van der Waals surface area contributed by atoms with Gasteiger partial charge in [0.2, 0.25) is 0 Å². The van der Waals surface area contributed by atoms with Crippen LogP contribution in [0.5, 0.6) is 0 Å². The van der Waals surface area contributed by atoms with Crippen molar-refractivity contribution >= 4 is 0 Å². The molecule has 0 N–H and O–H groups in total. The summed E-state index contributed by atoms with van der Waals surface area (Å²) in [4.78, 5) is 4.22. The largest absolute Gasteiger partial charge is 0.306 e. The number of nitrogens with zero attached hydrogens (tertiary/aromatic N) is 2. The summed E-state index contributed by atoms with van der Waals surface area (Å²) in [6.07, 6.45) is 0.655. The van der Waals surface area contributed by atoms with E-state index >= 15 is 0 Å². The molecule has 1 heterocycles. The minimum atomic E-state index is -1.03. The molecular formula is C12H25FN2. The van der Waals surface area contributed by atoms with Gasteiger partial charge in [-0.05, 0) is 48.2 Å². The first-order valence-corrected chi connectivity index (χ1v) is 5.74. The second-order valence-corrected chi connectivity index (χ2v) is 6.24. The van der Waals surface area contributed by atoms with Crippen LogP contribution in [0, 0.1) is 0 Å². The summed E-state index contributed by atoms with van der Waals surface area (Å²) in [5.41, 5.74) is -0.963.